The van der Waals surface area contributed by atoms with E-state index in [1.165, 1.54) is 29.5 Å². The number of carbonyl (C=O) groups excluding carboxylic acids is 1. The molecule has 1 aliphatic carbocycles. The molecule has 7 heteroatoms. The van der Waals surface area contributed by atoms with Crippen molar-refractivity contribution in [2.24, 2.45) is 17.8 Å². The third kappa shape index (κ3) is 4.84. The lowest BCUT2D eigenvalue weighted by Crippen LogP contribution is -2.36. The molecule has 0 aliphatic heterocycles. The molecule has 0 aromatic carbocycles. The molecule has 1 fully saturated rings. The molecule has 1 heterocycles. The monoisotopic (exact) mass is 343 g/mol. The fourth-order valence-corrected chi connectivity index (χ4v) is 4.43. The Morgan fingerprint density at radius 1 is 1.45 bits per heavy atom. The minimum absolute atomic E-state index is 0.0686. The Kier molecular flexibility index (Phi) is 6.50. The Hall–Kier alpha value is -0.820. The van der Waals surface area contributed by atoms with Gasteiger partial charge in [-0.2, -0.15) is 0 Å². The average Bonchev–Trinajstić information content (AvgIpc) is 2.93. The van der Waals surface area contributed by atoms with Gasteiger partial charge in [0.25, 0.3) is 0 Å². The topological polar surface area (TPSA) is 64.1 Å². The Bertz CT molecular complexity index is 493. The van der Waals surface area contributed by atoms with E-state index in [4.69, 9.17) is 4.74 Å². The van der Waals surface area contributed by atoms with Gasteiger partial charge in [0.2, 0.25) is 5.13 Å². The summed E-state index contributed by atoms with van der Waals surface area (Å²) < 4.78 is 6.56. The average molecular weight is 344 g/mol. The number of rotatable bonds is 6. The maximum atomic E-state index is 12.1. The van der Waals surface area contributed by atoms with Gasteiger partial charge in [-0.05, 0) is 30.6 Å². The van der Waals surface area contributed by atoms with E-state index in [2.05, 4.69) is 36.3 Å². The molecular weight excluding hydrogens is 318 g/mol. The Balaban J connectivity index is 1.84. The number of nitrogens with zero attached hydrogens (tertiary/aromatic N) is 2. The Labute approximate surface area is 140 Å². The van der Waals surface area contributed by atoms with Crippen LogP contribution in [0.15, 0.2) is 4.34 Å². The van der Waals surface area contributed by atoms with Crippen LogP contribution in [-0.4, -0.2) is 35.1 Å². The van der Waals surface area contributed by atoms with Crippen molar-refractivity contribution in [2.45, 2.75) is 50.5 Å². The standard InChI is InChI=1S/C15H25N3O2S2/c1-9(2)11-6-5-10(3)7-12(11)20-13(19)8-21-15-18-17-14(16-4)22-15/h9-12H,5-8H2,1-4H3,(H,16,17)/t10-,11-,12+/m0/s1. The molecule has 0 spiro atoms. The molecule has 1 aromatic rings. The van der Waals surface area contributed by atoms with E-state index in [1.54, 1.807) is 7.05 Å². The van der Waals surface area contributed by atoms with Crippen LogP contribution in [0.3, 0.4) is 0 Å². The molecule has 0 bridgehead atoms. The highest BCUT2D eigenvalue weighted by Gasteiger charge is 2.33. The second-order valence-electron chi connectivity index (χ2n) is 6.27. The van der Waals surface area contributed by atoms with Gasteiger partial charge in [0, 0.05) is 7.05 Å². The summed E-state index contributed by atoms with van der Waals surface area (Å²) >= 11 is 2.84. The van der Waals surface area contributed by atoms with Gasteiger partial charge >= 0.3 is 5.97 Å². The fraction of sp³-hybridized carbons (Fsp3) is 0.800. The van der Waals surface area contributed by atoms with Crippen LogP contribution in [0.5, 0.6) is 0 Å². The van der Waals surface area contributed by atoms with E-state index in [0.717, 1.165) is 22.3 Å². The van der Waals surface area contributed by atoms with Gasteiger partial charge in [0.15, 0.2) is 4.34 Å². The van der Waals surface area contributed by atoms with Gasteiger partial charge in [-0.3, -0.25) is 4.79 Å². The highest BCUT2D eigenvalue weighted by molar-refractivity contribution is 8.01. The zero-order chi connectivity index (χ0) is 16.1. The van der Waals surface area contributed by atoms with Crippen LogP contribution in [-0.2, 0) is 9.53 Å². The molecule has 0 amide bonds. The first kappa shape index (κ1) is 17.5. The van der Waals surface area contributed by atoms with Crippen LogP contribution in [0, 0.1) is 17.8 Å². The summed E-state index contributed by atoms with van der Waals surface area (Å²) in [6, 6.07) is 0. The molecule has 5 nitrogen and oxygen atoms in total. The number of thioether (sulfide) groups is 1. The van der Waals surface area contributed by atoms with Crippen molar-refractivity contribution >= 4 is 34.2 Å². The zero-order valence-electron chi connectivity index (χ0n) is 13.7. The third-order valence-electron chi connectivity index (χ3n) is 4.18. The maximum absolute atomic E-state index is 12.1. The smallest absolute Gasteiger partial charge is 0.316 e. The normalized spacial score (nSPS) is 25.2. The molecule has 0 saturated heterocycles. The highest BCUT2D eigenvalue weighted by Crippen LogP contribution is 2.35. The first-order chi connectivity index (χ1) is 10.5. The van der Waals surface area contributed by atoms with Crippen LogP contribution >= 0.6 is 23.1 Å². The van der Waals surface area contributed by atoms with Crippen molar-refractivity contribution in [3.8, 4) is 0 Å². The van der Waals surface area contributed by atoms with Gasteiger partial charge in [0.05, 0.1) is 5.75 Å². The van der Waals surface area contributed by atoms with E-state index in [9.17, 15) is 4.79 Å². The van der Waals surface area contributed by atoms with E-state index in [1.807, 2.05) is 0 Å². The van der Waals surface area contributed by atoms with Crippen LogP contribution in [0.2, 0.25) is 0 Å². The van der Waals surface area contributed by atoms with Gasteiger partial charge in [-0.25, -0.2) is 0 Å². The fourth-order valence-electron chi connectivity index (χ4n) is 2.94. The predicted octanol–water partition coefficient (Wildman–Crippen LogP) is 3.68. The number of anilines is 1. The van der Waals surface area contributed by atoms with Crippen LogP contribution < -0.4 is 5.32 Å². The van der Waals surface area contributed by atoms with Crippen LogP contribution in [0.1, 0.15) is 40.0 Å². The molecule has 22 heavy (non-hydrogen) atoms. The van der Waals surface area contributed by atoms with Crippen molar-refractivity contribution in [3.05, 3.63) is 0 Å². The van der Waals surface area contributed by atoms with Gasteiger partial charge in [-0.1, -0.05) is 50.3 Å². The minimum Gasteiger partial charge on any atom is -0.461 e. The number of ether oxygens (including phenoxy) is 1. The largest absolute Gasteiger partial charge is 0.461 e. The second-order valence-corrected chi connectivity index (χ2v) is 8.47. The lowest BCUT2D eigenvalue weighted by molar-refractivity contribution is -0.152. The summed E-state index contributed by atoms with van der Waals surface area (Å²) in [5.41, 5.74) is 0. The van der Waals surface area contributed by atoms with Crippen molar-refractivity contribution in [1.29, 1.82) is 0 Å². The number of nitrogens with one attached hydrogen (secondary N) is 1. The molecule has 0 unspecified atom stereocenters. The molecular formula is C15H25N3O2S2. The SMILES string of the molecule is CNc1nnc(SCC(=O)O[C@@H]2C[C@@H](C)CC[C@H]2C(C)C)s1. The maximum Gasteiger partial charge on any atom is 0.316 e. The summed E-state index contributed by atoms with van der Waals surface area (Å²) in [6.07, 6.45) is 3.45. The van der Waals surface area contributed by atoms with E-state index < -0.39 is 0 Å². The number of hydrogen-bond donors (Lipinski definition) is 1. The quantitative estimate of drug-likeness (QED) is 0.628. The summed E-state index contributed by atoms with van der Waals surface area (Å²) in [5, 5.41) is 11.7. The summed E-state index contributed by atoms with van der Waals surface area (Å²) in [4.78, 5) is 12.1. The van der Waals surface area contributed by atoms with Gasteiger partial charge in [0.1, 0.15) is 6.10 Å². The predicted molar refractivity (Wildman–Crippen MR) is 91.4 cm³/mol. The van der Waals surface area contributed by atoms with Crippen molar-refractivity contribution in [2.75, 3.05) is 18.1 Å². The first-order valence-corrected chi connectivity index (χ1v) is 9.63. The lowest BCUT2D eigenvalue weighted by Gasteiger charge is -2.36. The molecule has 1 aliphatic rings. The van der Waals surface area contributed by atoms with Gasteiger partial charge in [-0.15, -0.1) is 10.2 Å². The minimum atomic E-state index is -0.143. The number of hydrogen-bond acceptors (Lipinski definition) is 7. The summed E-state index contributed by atoms with van der Waals surface area (Å²) in [6.45, 7) is 6.68. The Morgan fingerprint density at radius 3 is 2.86 bits per heavy atom. The Morgan fingerprint density at radius 2 is 2.23 bits per heavy atom. The molecule has 1 saturated carbocycles. The van der Waals surface area contributed by atoms with Crippen molar-refractivity contribution < 1.29 is 9.53 Å². The zero-order valence-corrected chi connectivity index (χ0v) is 15.3. The number of esters is 1. The lowest BCUT2D eigenvalue weighted by atomic mass is 9.75. The van der Waals surface area contributed by atoms with E-state index in [-0.39, 0.29) is 12.1 Å². The van der Waals surface area contributed by atoms with Crippen LogP contribution in [0.4, 0.5) is 5.13 Å². The summed E-state index contributed by atoms with van der Waals surface area (Å²) in [5.74, 6) is 1.84. The molecule has 124 valence electrons. The molecule has 1 N–H and O–H groups in total. The third-order valence-corrected chi connectivity index (χ3v) is 6.23. The molecule has 0 radical (unpaired) electrons. The molecule has 2 rings (SSSR count). The van der Waals surface area contributed by atoms with Crippen molar-refractivity contribution in [1.82, 2.24) is 10.2 Å². The van der Waals surface area contributed by atoms with E-state index >= 15 is 0 Å². The first-order valence-electron chi connectivity index (χ1n) is 7.83. The van der Waals surface area contributed by atoms with E-state index in [0.29, 0.717) is 23.5 Å². The summed E-state index contributed by atoms with van der Waals surface area (Å²) in [7, 11) is 1.81. The number of aromatic nitrogens is 2. The number of carbonyl (C=O) groups is 1. The molecule has 1 aromatic heterocycles. The molecule has 3 atom stereocenters. The van der Waals surface area contributed by atoms with Crippen LogP contribution in [0.25, 0.3) is 0 Å². The highest BCUT2D eigenvalue weighted by atomic mass is 32.2. The van der Waals surface area contributed by atoms with Crippen molar-refractivity contribution in [3.63, 3.8) is 0 Å². The second kappa shape index (κ2) is 8.15. The van der Waals surface area contributed by atoms with Gasteiger partial charge < -0.3 is 10.1 Å².